The van der Waals surface area contributed by atoms with Crippen molar-refractivity contribution in [2.24, 2.45) is 0 Å². The molecule has 174 valence electrons. The molecule has 0 spiro atoms. The van der Waals surface area contributed by atoms with Crippen LogP contribution in [0.4, 0.5) is 5.69 Å². The molecule has 0 aliphatic rings. The standard InChI is InChI=1S/C28H20Cl2N2O3/c1-16-3-8-23-26(11-16)35-28(32-23)18-5-4-17(2)24(14-18)31-27(33)10-7-22-6-9-25(34-22)19-12-20(29)15-21(30)13-19/h3-15H,1-2H3,(H,31,33)/b10-7+. The maximum absolute atomic E-state index is 12.6. The summed E-state index contributed by atoms with van der Waals surface area (Å²) in [6.45, 7) is 3.93. The maximum Gasteiger partial charge on any atom is 0.248 e. The van der Waals surface area contributed by atoms with Gasteiger partial charge in [-0.1, -0.05) is 35.3 Å². The van der Waals surface area contributed by atoms with Crippen molar-refractivity contribution in [1.82, 2.24) is 4.98 Å². The van der Waals surface area contributed by atoms with Crippen LogP contribution in [0.15, 0.2) is 81.6 Å². The fourth-order valence-corrected chi connectivity index (χ4v) is 4.20. The number of halogens is 2. The molecule has 0 unspecified atom stereocenters. The highest BCUT2D eigenvalue weighted by Gasteiger charge is 2.12. The lowest BCUT2D eigenvalue weighted by molar-refractivity contribution is -0.111. The van der Waals surface area contributed by atoms with E-state index in [0.29, 0.717) is 33.1 Å². The zero-order chi connectivity index (χ0) is 24.5. The molecular formula is C28H20Cl2N2O3. The highest BCUT2D eigenvalue weighted by molar-refractivity contribution is 6.35. The molecule has 0 saturated heterocycles. The van der Waals surface area contributed by atoms with E-state index < -0.39 is 0 Å². The number of aromatic nitrogens is 1. The zero-order valence-corrected chi connectivity index (χ0v) is 20.4. The third-order valence-corrected chi connectivity index (χ3v) is 5.90. The number of hydrogen-bond donors (Lipinski definition) is 1. The number of fused-ring (bicyclic) bond motifs is 1. The molecule has 5 nitrogen and oxygen atoms in total. The summed E-state index contributed by atoms with van der Waals surface area (Å²) in [6.07, 6.45) is 3.02. The number of furan rings is 1. The average molecular weight is 503 g/mol. The normalized spacial score (nSPS) is 11.4. The van der Waals surface area contributed by atoms with Crippen molar-refractivity contribution in [3.8, 4) is 22.8 Å². The van der Waals surface area contributed by atoms with Crippen molar-refractivity contribution < 1.29 is 13.6 Å². The first-order valence-corrected chi connectivity index (χ1v) is 11.6. The number of nitrogens with zero attached hydrogens (tertiary/aromatic N) is 1. The Balaban J connectivity index is 1.32. The molecule has 0 aliphatic carbocycles. The van der Waals surface area contributed by atoms with Crippen molar-refractivity contribution in [3.63, 3.8) is 0 Å². The molecule has 5 rings (SSSR count). The van der Waals surface area contributed by atoms with Crippen molar-refractivity contribution in [2.45, 2.75) is 13.8 Å². The number of rotatable bonds is 5. The van der Waals surface area contributed by atoms with Crippen LogP contribution in [0.25, 0.3) is 40.0 Å². The molecule has 35 heavy (non-hydrogen) atoms. The molecular weight excluding hydrogens is 483 g/mol. The van der Waals surface area contributed by atoms with Crippen LogP contribution in [0.1, 0.15) is 16.9 Å². The molecule has 5 aromatic rings. The lowest BCUT2D eigenvalue weighted by Gasteiger charge is -2.07. The molecule has 3 aromatic carbocycles. The van der Waals surface area contributed by atoms with Crippen LogP contribution in [0.5, 0.6) is 0 Å². The SMILES string of the molecule is Cc1ccc2nc(-c3ccc(C)c(NC(=O)/C=C/c4ccc(-c5cc(Cl)cc(Cl)c5)o4)c3)oc2c1. The minimum atomic E-state index is -0.290. The molecule has 2 aromatic heterocycles. The van der Waals surface area contributed by atoms with E-state index in [0.717, 1.165) is 33.4 Å². The molecule has 0 aliphatic heterocycles. The van der Waals surface area contributed by atoms with E-state index in [4.69, 9.17) is 32.0 Å². The van der Waals surface area contributed by atoms with Gasteiger partial charge in [-0.3, -0.25) is 4.79 Å². The van der Waals surface area contributed by atoms with Crippen molar-refractivity contribution in [3.05, 3.63) is 99.7 Å². The second-order valence-corrected chi connectivity index (χ2v) is 9.08. The zero-order valence-electron chi connectivity index (χ0n) is 18.9. The van der Waals surface area contributed by atoms with E-state index >= 15 is 0 Å². The van der Waals surface area contributed by atoms with E-state index in [9.17, 15) is 4.79 Å². The number of aryl methyl sites for hydroxylation is 2. The number of carbonyl (C=O) groups excluding carboxylic acids is 1. The van der Waals surface area contributed by atoms with Gasteiger partial charge in [0.05, 0.1) is 0 Å². The molecule has 1 N–H and O–H groups in total. The van der Waals surface area contributed by atoms with Crippen LogP contribution in [-0.4, -0.2) is 10.9 Å². The summed E-state index contributed by atoms with van der Waals surface area (Å²) in [5.41, 5.74) is 5.74. The Labute approximate surface area is 212 Å². The summed E-state index contributed by atoms with van der Waals surface area (Å²) >= 11 is 12.1. The van der Waals surface area contributed by atoms with Crippen LogP contribution in [0.2, 0.25) is 10.0 Å². The summed E-state index contributed by atoms with van der Waals surface area (Å²) in [5.74, 6) is 1.34. The number of benzene rings is 3. The van der Waals surface area contributed by atoms with Gasteiger partial charge in [-0.15, -0.1) is 0 Å². The van der Waals surface area contributed by atoms with Gasteiger partial charge in [0, 0.05) is 32.9 Å². The Kier molecular flexibility index (Phi) is 6.20. The van der Waals surface area contributed by atoms with Crippen molar-refractivity contribution in [1.29, 1.82) is 0 Å². The van der Waals surface area contributed by atoms with Gasteiger partial charge in [0.2, 0.25) is 11.8 Å². The summed E-state index contributed by atoms with van der Waals surface area (Å²) in [4.78, 5) is 17.2. The van der Waals surface area contributed by atoms with Crippen LogP contribution < -0.4 is 5.32 Å². The third-order valence-electron chi connectivity index (χ3n) is 5.46. The quantitative estimate of drug-likeness (QED) is 0.245. The number of oxazole rings is 1. The van der Waals surface area contributed by atoms with Crippen LogP contribution in [0.3, 0.4) is 0 Å². The van der Waals surface area contributed by atoms with Crippen LogP contribution in [0, 0.1) is 13.8 Å². The van der Waals surface area contributed by atoms with E-state index in [2.05, 4.69) is 10.3 Å². The molecule has 7 heteroatoms. The number of carbonyl (C=O) groups is 1. The van der Waals surface area contributed by atoms with Gasteiger partial charge in [-0.05, 0) is 85.6 Å². The van der Waals surface area contributed by atoms with E-state index in [1.165, 1.54) is 6.08 Å². The number of nitrogens with one attached hydrogen (secondary N) is 1. The fourth-order valence-electron chi connectivity index (χ4n) is 3.67. The second kappa shape index (κ2) is 9.45. The van der Waals surface area contributed by atoms with Gasteiger partial charge in [-0.2, -0.15) is 0 Å². The highest BCUT2D eigenvalue weighted by Crippen LogP contribution is 2.30. The Morgan fingerprint density at radius 1 is 0.886 bits per heavy atom. The minimum absolute atomic E-state index is 0.290. The van der Waals surface area contributed by atoms with Gasteiger partial charge >= 0.3 is 0 Å². The van der Waals surface area contributed by atoms with Gasteiger partial charge in [-0.25, -0.2) is 4.98 Å². The highest BCUT2D eigenvalue weighted by atomic mass is 35.5. The van der Waals surface area contributed by atoms with E-state index in [1.54, 1.807) is 36.4 Å². The predicted octanol–water partition coefficient (Wildman–Crippen LogP) is 8.33. The Morgan fingerprint density at radius 3 is 2.49 bits per heavy atom. The molecule has 2 heterocycles. The largest absolute Gasteiger partial charge is 0.457 e. The van der Waals surface area contributed by atoms with Crippen LogP contribution in [-0.2, 0) is 4.79 Å². The summed E-state index contributed by atoms with van der Waals surface area (Å²) < 4.78 is 11.7. The van der Waals surface area contributed by atoms with E-state index in [1.807, 2.05) is 50.2 Å². The third kappa shape index (κ3) is 5.16. The predicted molar refractivity (Wildman–Crippen MR) is 141 cm³/mol. The van der Waals surface area contributed by atoms with Gasteiger partial charge in [0.1, 0.15) is 17.0 Å². The Bertz CT molecular complexity index is 1580. The first-order chi connectivity index (χ1) is 16.8. The topological polar surface area (TPSA) is 68.3 Å². The van der Waals surface area contributed by atoms with E-state index in [-0.39, 0.29) is 5.91 Å². The Hall–Kier alpha value is -3.80. The second-order valence-electron chi connectivity index (χ2n) is 8.20. The molecule has 0 atom stereocenters. The maximum atomic E-state index is 12.6. The Morgan fingerprint density at radius 2 is 1.69 bits per heavy atom. The lowest BCUT2D eigenvalue weighted by atomic mass is 10.1. The molecule has 0 bridgehead atoms. The van der Waals surface area contributed by atoms with Gasteiger partial charge in [0.25, 0.3) is 0 Å². The first-order valence-electron chi connectivity index (χ1n) is 10.9. The molecule has 1 amide bonds. The van der Waals surface area contributed by atoms with Crippen molar-refractivity contribution >= 4 is 52.0 Å². The minimum Gasteiger partial charge on any atom is -0.457 e. The molecule has 0 radical (unpaired) electrons. The number of amides is 1. The van der Waals surface area contributed by atoms with Crippen LogP contribution >= 0.6 is 23.2 Å². The fraction of sp³-hybridized carbons (Fsp3) is 0.0714. The van der Waals surface area contributed by atoms with Crippen molar-refractivity contribution in [2.75, 3.05) is 5.32 Å². The molecule has 0 fully saturated rings. The number of hydrogen-bond acceptors (Lipinski definition) is 4. The average Bonchev–Trinajstić information content (AvgIpc) is 3.45. The molecule has 0 saturated carbocycles. The van der Waals surface area contributed by atoms with Gasteiger partial charge < -0.3 is 14.2 Å². The smallest absolute Gasteiger partial charge is 0.248 e. The summed E-state index contributed by atoms with van der Waals surface area (Å²) in [7, 11) is 0. The monoisotopic (exact) mass is 502 g/mol. The van der Waals surface area contributed by atoms with Gasteiger partial charge in [0.15, 0.2) is 5.58 Å². The first kappa shape index (κ1) is 23.0. The lowest BCUT2D eigenvalue weighted by Crippen LogP contribution is -2.09. The summed E-state index contributed by atoms with van der Waals surface area (Å²) in [6, 6.07) is 20.3. The summed E-state index contributed by atoms with van der Waals surface area (Å²) in [5, 5.41) is 3.95. The number of anilines is 1.